The molecule has 2 heterocycles. The summed E-state index contributed by atoms with van der Waals surface area (Å²) in [6.07, 6.45) is 6.70. The van der Waals surface area contributed by atoms with E-state index < -0.39 is 0 Å². The van der Waals surface area contributed by atoms with Gasteiger partial charge in [-0.2, -0.15) is 0 Å². The van der Waals surface area contributed by atoms with Crippen LogP contribution in [0.1, 0.15) is 48.7 Å². The lowest BCUT2D eigenvalue weighted by atomic mass is 9.90. The molecule has 1 aromatic heterocycles. The Labute approximate surface area is 118 Å². The van der Waals surface area contributed by atoms with Gasteiger partial charge in [0, 0.05) is 30.9 Å². The zero-order chi connectivity index (χ0) is 13.1. The van der Waals surface area contributed by atoms with E-state index in [1.54, 1.807) is 0 Å². The summed E-state index contributed by atoms with van der Waals surface area (Å²) in [6.45, 7) is 3.02. The van der Waals surface area contributed by atoms with E-state index in [0.717, 1.165) is 25.3 Å². The first-order chi connectivity index (χ1) is 9.31. The van der Waals surface area contributed by atoms with Crippen molar-refractivity contribution in [3.05, 3.63) is 16.1 Å². The van der Waals surface area contributed by atoms with Crippen molar-refractivity contribution < 1.29 is 4.79 Å². The quantitative estimate of drug-likeness (QED) is 0.922. The Kier molecular flexibility index (Phi) is 4.13. The average Bonchev–Trinajstić information content (AvgIpc) is 2.88. The minimum Gasteiger partial charge on any atom is -0.354 e. The number of piperazine rings is 1. The van der Waals surface area contributed by atoms with Crippen molar-refractivity contribution in [2.75, 3.05) is 19.6 Å². The standard InChI is InChI=1S/C14H21N3OS/c18-13-9-17(7-6-15-13)8-12-10-19-14(16-12)11-4-2-1-3-5-11/h10-11H,1-9H2,(H,15,18). The van der Waals surface area contributed by atoms with Gasteiger partial charge in [-0.05, 0) is 12.8 Å². The summed E-state index contributed by atoms with van der Waals surface area (Å²) >= 11 is 1.81. The summed E-state index contributed by atoms with van der Waals surface area (Å²) in [4.78, 5) is 18.3. The maximum absolute atomic E-state index is 11.3. The molecule has 1 N–H and O–H groups in total. The van der Waals surface area contributed by atoms with Crippen LogP contribution in [-0.4, -0.2) is 35.4 Å². The van der Waals surface area contributed by atoms with Crippen molar-refractivity contribution in [3.8, 4) is 0 Å². The molecule has 3 rings (SSSR count). The molecule has 0 unspecified atom stereocenters. The fourth-order valence-electron chi connectivity index (χ4n) is 2.99. The van der Waals surface area contributed by atoms with Crippen LogP contribution in [0.2, 0.25) is 0 Å². The molecule has 1 amide bonds. The minimum absolute atomic E-state index is 0.133. The Morgan fingerprint density at radius 2 is 2.21 bits per heavy atom. The number of carbonyl (C=O) groups is 1. The molecule has 104 valence electrons. The average molecular weight is 279 g/mol. The van der Waals surface area contributed by atoms with Gasteiger partial charge in [-0.15, -0.1) is 11.3 Å². The van der Waals surface area contributed by atoms with E-state index in [4.69, 9.17) is 4.98 Å². The second-order valence-corrected chi connectivity index (χ2v) is 6.46. The second-order valence-electron chi connectivity index (χ2n) is 5.57. The predicted molar refractivity (Wildman–Crippen MR) is 76.2 cm³/mol. The van der Waals surface area contributed by atoms with Gasteiger partial charge >= 0.3 is 0 Å². The molecule has 0 radical (unpaired) electrons. The lowest BCUT2D eigenvalue weighted by molar-refractivity contribution is -0.124. The molecular formula is C14H21N3OS. The van der Waals surface area contributed by atoms with Crippen LogP contribution in [0.4, 0.5) is 0 Å². The first-order valence-corrected chi connectivity index (χ1v) is 8.12. The molecule has 2 aliphatic rings. The highest BCUT2D eigenvalue weighted by molar-refractivity contribution is 7.09. The van der Waals surface area contributed by atoms with Crippen molar-refractivity contribution in [1.82, 2.24) is 15.2 Å². The van der Waals surface area contributed by atoms with E-state index in [-0.39, 0.29) is 5.91 Å². The molecule has 2 fully saturated rings. The summed E-state index contributed by atoms with van der Waals surface area (Å²) in [7, 11) is 0. The molecule has 0 bridgehead atoms. The molecule has 4 nitrogen and oxygen atoms in total. The Bertz CT molecular complexity index is 440. The first-order valence-electron chi connectivity index (χ1n) is 7.24. The highest BCUT2D eigenvalue weighted by atomic mass is 32.1. The summed E-state index contributed by atoms with van der Waals surface area (Å²) in [5.74, 6) is 0.825. The minimum atomic E-state index is 0.133. The smallest absolute Gasteiger partial charge is 0.234 e. The molecule has 1 saturated carbocycles. The lowest BCUT2D eigenvalue weighted by Gasteiger charge is -2.25. The molecule has 1 aliphatic carbocycles. The summed E-state index contributed by atoms with van der Waals surface area (Å²) in [5, 5.41) is 6.35. The second kappa shape index (κ2) is 6.01. The fraction of sp³-hybridized carbons (Fsp3) is 0.714. The van der Waals surface area contributed by atoms with Crippen molar-refractivity contribution in [1.29, 1.82) is 0 Å². The number of amides is 1. The van der Waals surface area contributed by atoms with Gasteiger partial charge in [-0.1, -0.05) is 19.3 Å². The van der Waals surface area contributed by atoms with Gasteiger partial charge in [0.05, 0.1) is 17.2 Å². The topological polar surface area (TPSA) is 45.2 Å². The number of nitrogens with one attached hydrogen (secondary N) is 1. The summed E-state index contributed by atoms with van der Waals surface area (Å²) < 4.78 is 0. The predicted octanol–water partition coefficient (Wildman–Crippen LogP) is 2.12. The maximum Gasteiger partial charge on any atom is 0.234 e. The maximum atomic E-state index is 11.3. The molecular weight excluding hydrogens is 258 g/mol. The summed E-state index contributed by atoms with van der Waals surface area (Å²) in [6, 6.07) is 0. The molecule has 0 aromatic carbocycles. The number of hydrogen-bond donors (Lipinski definition) is 1. The van der Waals surface area contributed by atoms with Crippen LogP contribution < -0.4 is 5.32 Å². The fourth-order valence-corrected chi connectivity index (χ4v) is 3.97. The van der Waals surface area contributed by atoms with E-state index >= 15 is 0 Å². The number of thiazole rings is 1. The number of aromatic nitrogens is 1. The van der Waals surface area contributed by atoms with E-state index in [2.05, 4.69) is 15.6 Å². The molecule has 0 spiro atoms. The van der Waals surface area contributed by atoms with Gasteiger partial charge in [0.15, 0.2) is 0 Å². The zero-order valence-corrected chi connectivity index (χ0v) is 12.0. The highest BCUT2D eigenvalue weighted by Crippen LogP contribution is 2.34. The lowest BCUT2D eigenvalue weighted by Crippen LogP contribution is -2.47. The molecule has 1 aliphatic heterocycles. The molecule has 1 aromatic rings. The van der Waals surface area contributed by atoms with Crippen LogP contribution in [0, 0.1) is 0 Å². The van der Waals surface area contributed by atoms with Gasteiger partial charge in [0.25, 0.3) is 0 Å². The van der Waals surface area contributed by atoms with Gasteiger partial charge in [0.2, 0.25) is 5.91 Å². The SMILES string of the molecule is O=C1CN(Cc2csc(C3CCCCC3)n2)CCN1. The highest BCUT2D eigenvalue weighted by Gasteiger charge is 2.20. The Morgan fingerprint density at radius 1 is 1.37 bits per heavy atom. The number of carbonyl (C=O) groups excluding carboxylic acids is 1. The third-order valence-corrected chi connectivity index (χ3v) is 5.08. The van der Waals surface area contributed by atoms with E-state index in [0.29, 0.717) is 12.5 Å². The third-order valence-electron chi connectivity index (χ3n) is 4.03. The first kappa shape index (κ1) is 13.1. The van der Waals surface area contributed by atoms with Gasteiger partial charge < -0.3 is 5.32 Å². The van der Waals surface area contributed by atoms with Crippen LogP contribution in [0.3, 0.4) is 0 Å². The van der Waals surface area contributed by atoms with Gasteiger partial charge in [0.1, 0.15) is 0 Å². The van der Waals surface area contributed by atoms with Crippen LogP contribution in [0.15, 0.2) is 5.38 Å². The zero-order valence-electron chi connectivity index (χ0n) is 11.2. The third kappa shape index (κ3) is 3.34. The van der Waals surface area contributed by atoms with Gasteiger partial charge in [-0.3, -0.25) is 9.69 Å². The molecule has 5 heteroatoms. The number of hydrogen-bond acceptors (Lipinski definition) is 4. The van der Waals surface area contributed by atoms with E-state index in [1.807, 2.05) is 11.3 Å². The Balaban J connectivity index is 1.59. The van der Waals surface area contributed by atoms with Crippen molar-refractivity contribution in [3.63, 3.8) is 0 Å². The Morgan fingerprint density at radius 3 is 3.00 bits per heavy atom. The van der Waals surface area contributed by atoms with E-state index in [9.17, 15) is 4.79 Å². The monoisotopic (exact) mass is 279 g/mol. The molecule has 1 saturated heterocycles. The Hall–Kier alpha value is -0.940. The summed E-state index contributed by atoms with van der Waals surface area (Å²) in [5.41, 5.74) is 1.14. The van der Waals surface area contributed by atoms with Gasteiger partial charge in [-0.25, -0.2) is 4.98 Å². The normalized spacial score (nSPS) is 22.4. The van der Waals surface area contributed by atoms with Crippen molar-refractivity contribution in [2.24, 2.45) is 0 Å². The number of nitrogens with zero attached hydrogens (tertiary/aromatic N) is 2. The van der Waals surface area contributed by atoms with Crippen LogP contribution >= 0.6 is 11.3 Å². The molecule has 0 atom stereocenters. The largest absolute Gasteiger partial charge is 0.354 e. The number of rotatable bonds is 3. The van der Waals surface area contributed by atoms with E-state index in [1.165, 1.54) is 37.1 Å². The van der Waals surface area contributed by atoms with Crippen LogP contribution in [0.25, 0.3) is 0 Å². The van der Waals surface area contributed by atoms with Crippen LogP contribution in [0.5, 0.6) is 0 Å². The van der Waals surface area contributed by atoms with Crippen molar-refractivity contribution in [2.45, 2.75) is 44.6 Å². The molecule has 19 heavy (non-hydrogen) atoms. The van der Waals surface area contributed by atoms with Crippen LogP contribution in [-0.2, 0) is 11.3 Å². The van der Waals surface area contributed by atoms with Crippen molar-refractivity contribution >= 4 is 17.2 Å².